The number of benzene rings is 1. The summed E-state index contributed by atoms with van der Waals surface area (Å²) in [5.74, 6) is -3.19. The van der Waals surface area contributed by atoms with Gasteiger partial charge in [-0.1, -0.05) is 38.5 Å². The van der Waals surface area contributed by atoms with Crippen LogP contribution in [0.5, 0.6) is 0 Å². The van der Waals surface area contributed by atoms with Gasteiger partial charge in [-0.2, -0.15) is 0 Å². The second-order valence-electron chi connectivity index (χ2n) is 8.86. The summed E-state index contributed by atoms with van der Waals surface area (Å²) in [6.07, 6.45) is 3.79. The Morgan fingerprint density at radius 3 is 2.43 bits per heavy atom. The number of aliphatic carboxylic acids is 1. The maximum absolute atomic E-state index is 13.0. The molecule has 11 heteroatoms. The van der Waals surface area contributed by atoms with Gasteiger partial charge in [0.05, 0.1) is 12.6 Å². The second kappa shape index (κ2) is 13.4. The summed E-state index contributed by atoms with van der Waals surface area (Å²) in [5.41, 5.74) is 13.2. The number of carbonyl (C=O) groups excluding carboxylic acids is 3. The van der Waals surface area contributed by atoms with Crippen molar-refractivity contribution < 1.29 is 24.3 Å². The molecule has 0 aliphatic rings. The number of H-pyrrole nitrogens is 1. The molecule has 0 aliphatic carbocycles. The molecule has 192 valence electrons. The van der Waals surface area contributed by atoms with Gasteiger partial charge in [0.25, 0.3) is 0 Å². The lowest BCUT2D eigenvalue weighted by Crippen LogP contribution is -2.54. The molecule has 2 rings (SSSR count). The predicted molar refractivity (Wildman–Crippen MR) is 132 cm³/mol. The SMILES string of the molecule is CC(C)C(NC(=O)CNC(=O)C(Cc1c[nH]c2ccccc12)NC(=O)C(N)CCCCN)C(=O)O. The molecule has 0 fully saturated rings. The van der Waals surface area contributed by atoms with Crippen LogP contribution in [0.2, 0.25) is 0 Å². The number of unbranched alkanes of at least 4 members (excludes halogenated alkanes) is 1. The Morgan fingerprint density at radius 1 is 1.06 bits per heavy atom. The fraction of sp³-hybridized carbons (Fsp3) is 0.500. The van der Waals surface area contributed by atoms with Gasteiger partial charge < -0.3 is 37.5 Å². The van der Waals surface area contributed by atoms with E-state index in [1.807, 2.05) is 24.3 Å². The lowest BCUT2D eigenvalue weighted by Gasteiger charge is -2.21. The number of amides is 3. The van der Waals surface area contributed by atoms with Gasteiger partial charge in [0, 0.05) is 23.5 Å². The number of aromatic nitrogens is 1. The summed E-state index contributed by atoms with van der Waals surface area (Å²) in [6.45, 7) is 3.40. The normalized spacial score (nSPS) is 13.7. The van der Waals surface area contributed by atoms with Gasteiger partial charge in [0.15, 0.2) is 0 Å². The van der Waals surface area contributed by atoms with Gasteiger partial charge >= 0.3 is 5.97 Å². The minimum absolute atomic E-state index is 0.169. The first-order chi connectivity index (χ1) is 16.6. The Hall–Kier alpha value is -3.44. The zero-order valence-electron chi connectivity index (χ0n) is 20.2. The van der Waals surface area contributed by atoms with E-state index in [0.717, 1.165) is 22.9 Å². The van der Waals surface area contributed by atoms with Gasteiger partial charge in [0.1, 0.15) is 12.1 Å². The molecule has 35 heavy (non-hydrogen) atoms. The third-order valence-corrected chi connectivity index (χ3v) is 5.71. The Morgan fingerprint density at radius 2 is 1.77 bits per heavy atom. The molecule has 3 atom stereocenters. The molecule has 2 aromatic rings. The van der Waals surface area contributed by atoms with Crippen LogP contribution in [0.3, 0.4) is 0 Å². The first-order valence-electron chi connectivity index (χ1n) is 11.7. The molecule has 1 aromatic heterocycles. The summed E-state index contributed by atoms with van der Waals surface area (Å²) in [7, 11) is 0. The highest BCUT2D eigenvalue weighted by molar-refractivity contribution is 5.93. The highest BCUT2D eigenvalue weighted by Crippen LogP contribution is 2.19. The van der Waals surface area contributed by atoms with Crippen LogP contribution < -0.4 is 27.4 Å². The number of para-hydroxylation sites is 1. The molecule has 3 amide bonds. The number of carboxylic acids is 1. The van der Waals surface area contributed by atoms with Crippen LogP contribution in [-0.2, 0) is 25.6 Å². The number of nitrogens with two attached hydrogens (primary N) is 2. The van der Waals surface area contributed by atoms with Crippen LogP contribution in [0.15, 0.2) is 30.5 Å². The van der Waals surface area contributed by atoms with Crippen molar-refractivity contribution in [3.8, 4) is 0 Å². The number of hydrogen-bond donors (Lipinski definition) is 7. The molecule has 0 saturated heterocycles. The molecule has 0 aliphatic heterocycles. The minimum atomic E-state index is -1.16. The molecule has 9 N–H and O–H groups in total. The summed E-state index contributed by atoms with van der Waals surface area (Å²) in [6, 6.07) is 4.70. The largest absolute Gasteiger partial charge is 0.480 e. The lowest BCUT2D eigenvalue weighted by molar-refractivity contribution is -0.143. The van der Waals surface area contributed by atoms with Crippen molar-refractivity contribution in [2.75, 3.05) is 13.1 Å². The monoisotopic (exact) mass is 488 g/mol. The average Bonchev–Trinajstić information content (AvgIpc) is 3.23. The number of rotatable bonds is 14. The second-order valence-corrected chi connectivity index (χ2v) is 8.86. The maximum atomic E-state index is 13.0. The Kier molecular flexibility index (Phi) is 10.7. The van der Waals surface area contributed by atoms with Crippen molar-refractivity contribution >= 4 is 34.6 Å². The first kappa shape index (κ1) is 27.8. The smallest absolute Gasteiger partial charge is 0.326 e. The van der Waals surface area contributed by atoms with E-state index in [1.54, 1.807) is 20.0 Å². The third-order valence-electron chi connectivity index (χ3n) is 5.71. The van der Waals surface area contributed by atoms with Crippen LogP contribution in [0.4, 0.5) is 0 Å². The summed E-state index contributed by atoms with van der Waals surface area (Å²) in [4.78, 5) is 52.4. The van der Waals surface area contributed by atoms with E-state index in [1.165, 1.54) is 0 Å². The van der Waals surface area contributed by atoms with E-state index < -0.39 is 48.4 Å². The van der Waals surface area contributed by atoms with E-state index in [9.17, 15) is 24.3 Å². The molecule has 0 radical (unpaired) electrons. The molecular weight excluding hydrogens is 452 g/mol. The van der Waals surface area contributed by atoms with Crippen molar-refractivity contribution in [3.05, 3.63) is 36.0 Å². The predicted octanol–water partition coefficient (Wildman–Crippen LogP) is -0.00690. The molecule has 1 heterocycles. The number of carboxylic acid groups (broad SMARTS) is 1. The molecule has 11 nitrogen and oxygen atoms in total. The summed E-state index contributed by atoms with van der Waals surface area (Å²) < 4.78 is 0. The van der Waals surface area contributed by atoms with Gasteiger partial charge in [-0.15, -0.1) is 0 Å². The number of fused-ring (bicyclic) bond motifs is 1. The zero-order chi connectivity index (χ0) is 26.0. The van der Waals surface area contributed by atoms with E-state index in [2.05, 4.69) is 20.9 Å². The summed E-state index contributed by atoms with van der Waals surface area (Å²) >= 11 is 0. The maximum Gasteiger partial charge on any atom is 0.326 e. The lowest BCUT2D eigenvalue weighted by atomic mass is 10.0. The molecule has 0 spiro atoms. The van der Waals surface area contributed by atoms with E-state index in [-0.39, 0.29) is 12.3 Å². The van der Waals surface area contributed by atoms with Gasteiger partial charge in [-0.3, -0.25) is 14.4 Å². The van der Waals surface area contributed by atoms with Crippen molar-refractivity contribution in [1.82, 2.24) is 20.9 Å². The molecule has 3 unspecified atom stereocenters. The molecule has 0 saturated carbocycles. The van der Waals surface area contributed by atoms with Crippen molar-refractivity contribution in [3.63, 3.8) is 0 Å². The highest BCUT2D eigenvalue weighted by Gasteiger charge is 2.27. The number of aromatic amines is 1. The van der Waals surface area contributed by atoms with Crippen LogP contribution in [0, 0.1) is 5.92 Å². The number of carbonyl (C=O) groups is 4. The number of hydrogen-bond acceptors (Lipinski definition) is 6. The number of nitrogens with one attached hydrogen (secondary N) is 4. The summed E-state index contributed by atoms with van der Waals surface area (Å²) in [5, 5.41) is 17.7. The molecule has 1 aromatic carbocycles. The van der Waals surface area contributed by atoms with Gasteiger partial charge in [-0.05, 0) is 36.9 Å². The standard InChI is InChI=1S/C24H36N6O5/c1-14(2)21(24(34)35)30-20(31)13-28-23(33)19(29-22(32)17(26)8-5-6-10-25)11-15-12-27-18-9-4-3-7-16(15)18/h3-4,7,9,12,14,17,19,21,27H,5-6,8,10-11,13,25-26H2,1-2H3,(H,28,33)(H,29,32)(H,30,31)(H,34,35). The highest BCUT2D eigenvalue weighted by atomic mass is 16.4. The van der Waals surface area contributed by atoms with Crippen LogP contribution in [0.25, 0.3) is 10.9 Å². The van der Waals surface area contributed by atoms with Gasteiger partial charge in [-0.25, -0.2) is 4.79 Å². The zero-order valence-corrected chi connectivity index (χ0v) is 20.2. The minimum Gasteiger partial charge on any atom is -0.480 e. The van der Waals surface area contributed by atoms with E-state index >= 15 is 0 Å². The van der Waals surface area contributed by atoms with Crippen molar-refractivity contribution in [2.45, 2.75) is 57.7 Å². The molecule has 0 bridgehead atoms. The van der Waals surface area contributed by atoms with Crippen LogP contribution in [0.1, 0.15) is 38.7 Å². The fourth-order valence-corrected chi connectivity index (χ4v) is 3.68. The van der Waals surface area contributed by atoms with E-state index in [0.29, 0.717) is 19.4 Å². The van der Waals surface area contributed by atoms with Crippen molar-refractivity contribution in [1.29, 1.82) is 0 Å². The van der Waals surface area contributed by atoms with Crippen molar-refractivity contribution in [2.24, 2.45) is 17.4 Å². The average molecular weight is 489 g/mol. The third kappa shape index (κ3) is 8.37. The van der Waals surface area contributed by atoms with Crippen LogP contribution >= 0.6 is 0 Å². The Bertz CT molecular complexity index is 1020. The quantitative estimate of drug-likeness (QED) is 0.182. The van der Waals surface area contributed by atoms with E-state index in [4.69, 9.17) is 11.5 Å². The fourth-order valence-electron chi connectivity index (χ4n) is 3.68. The van der Waals surface area contributed by atoms with Gasteiger partial charge in [0.2, 0.25) is 17.7 Å². The van der Waals surface area contributed by atoms with Crippen LogP contribution in [-0.4, -0.2) is 65.0 Å². The first-order valence-corrected chi connectivity index (χ1v) is 11.7. The molecular formula is C24H36N6O5. The topological polar surface area (TPSA) is 192 Å². The Labute approximate surface area is 204 Å². The Balaban J connectivity index is 2.10.